The zero-order valence-corrected chi connectivity index (χ0v) is 18.9. The SMILES string of the molecule is C=C(C)[C@H]1CC[C@H]2[C@@H]3CC[C@@H]4C[C@@](O)(COCCC)CC[C@]4(C)[C@H]3CC[C@]12C. The molecule has 8 atom stereocenters. The summed E-state index contributed by atoms with van der Waals surface area (Å²) >= 11 is 0. The lowest BCUT2D eigenvalue weighted by atomic mass is 9.44. The van der Waals surface area contributed by atoms with Gasteiger partial charge in [-0.05, 0) is 112 Å². The maximum atomic E-state index is 11.2. The van der Waals surface area contributed by atoms with Gasteiger partial charge < -0.3 is 9.84 Å². The second kappa shape index (κ2) is 7.41. The second-order valence-corrected chi connectivity index (χ2v) is 11.7. The third-order valence-corrected chi connectivity index (χ3v) is 10.1. The molecule has 0 aromatic rings. The van der Waals surface area contributed by atoms with Crippen LogP contribution in [0, 0.1) is 40.4 Å². The van der Waals surface area contributed by atoms with E-state index in [1.165, 1.54) is 50.5 Å². The molecule has 0 saturated heterocycles. The zero-order chi connectivity index (χ0) is 20.2. The van der Waals surface area contributed by atoms with E-state index in [2.05, 4.69) is 34.3 Å². The van der Waals surface area contributed by atoms with Crippen molar-refractivity contribution in [1.82, 2.24) is 0 Å². The molecule has 0 spiro atoms. The van der Waals surface area contributed by atoms with E-state index in [-0.39, 0.29) is 0 Å². The Balaban J connectivity index is 1.50. The Hall–Kier alpha value is -0.340. The smallest absolute Gasteiger partial charge is 0.0883 e. The first-order valence-electron chi connectivity index (χ1n) is 12.2. The lowest BCUT2D eigenvalue weighted by molar-refractivity contribution is -0.164. The Morgan fingerprint density at radius 1 is 1.00 bits per heavy atom. The number of allylic oxidation sites excluding steroid dienone is 1. The normalized spacial score (nSPS) is 50.5. The molecule has 0 bridgehead atoms. The Morgan fingerprint density at radius 3 is 2.46 bits per heavy atom. The molecule has 4 aliphatic carbocycles. The highest BCUT2D eigenvalue weighted by Gasteiger charge is 2.61. The van der Waals surface area contributed by atoms with Crippen molar-refractivity contribution < 1.29 is 9.84 Å². The number of hydrogen-bond acceptors (Lipinski definition) is 2. The van der Waals surface area contributed by atoms with Crippen LogP contribution in [-0.4, -0.2) is 23.9 Å². The number of ether oxygens (including phenoxy) is 1. The summed E-state index contributed by atoms with van der Waals surface area (Å²) < 4.78 is 5.79. The van der Waals surface area contributed by atoms with Crippen LogP contribution in [0.4, 0.5) is 0 Å². The van der Waals surface area contributed by atoms with Gasteiger partial charge in [0.2, 0.25) is 0 Å². The van der Waals surface area contributed by atoms with Crippen LogP contribution in [-0.2, 0) is 4.74 Å². The fourth-order valence-electron chi connectivity index (χ4n) is 8.67. The predicted molar refractivity (Wildman–Crippen MR) is 116 cm³/mol. The summed E-state index contributed by atoms with van der Waals surface area (Å²) in [6, 6.07) is 0. The van der Waals surface area contributed by atoms with E-state index < -0.39 is 5.60 Å². The summed E-state index contributed by atoms with van der Waals surface area (Å²) in [7, 11) is 0. The molecule has 4 fully saturated rings. The van der Waals surface area contributed by atoms with Crippen LogP contribution in [0.3, 0.4) is 0 Å². The average Bonchev–Trinajstić information content (AvgIpc) is 3.00. The van der Waals surface area contributed by atoms with Crippen LogP contribution >= 0.6 is 0 Å². The first kappa shape index (κ1) is 20.9. The molecular formula is C26H44O2. The van der Waals surface area contributed by atoms with Crippen LogP contribution in [0.5, 0.6) is 0 Å². The summed E-state index contributed by atoms with van der Waals surface area (Å²) in [5.74, 6) is 4.11. The van der Waals surface area contributed by atoms with Gasteiger partial charge in [0.1, 0.15) is 0 Å². The molecule has 4 saturated carbocycles. The zero-order valence-electron chi connectivity index (χ0n) is 18.9. The number of fused-ring (bicyclic) bond motifs is 5. The van der Waals surface area contributed by atoms with Gasteiger partial charge >= 0.3 is 0 Å². The summed E-state index contributed by atoms with van der Waals surface area (Å²) in [5, 5.41) is 11.2. The van der Waals surface area contributed by atoms with E-state index in [1.54, 1.807) is 0 Å². The van der Waals surface area contributed by atoms with Crippen molar-refractivity contribution in [2.24, 2.45) is 40.4 Å². The molecule has 2 nitrogen and oxygen atoms in total. The highest BCUT2D eigenvalue weighted by atomic mass is 16.5. The molecule has 0 amide bonds. The molecular weight excluding hydrogens is 344 g/mol. The van der Waals surface area contributed by atoms with Crippen molar-refractivity contribution in [3.63, 3.8) is 0 Å². The molecule has 0 aromatic carbocycles. The fraction of sp³-hybridized carbons (Fsp3) is 0.923. The maximum absolute atomic E-state index is 11.2. The first-order valence-corrected chi connectivity index (χ1v) is 12.2. The van der Waals surface area contributed by atoms with E-state index in [0.29, 0.717) is 23.4 Å². The lowest BCUT2D eigenvalue weighted by Crippen LogP contribution is -2.56. The van der Waals surface area contributed by atoms with Gasteiger partial charge in [0, 0.05) is 6.61 Å². The summed E-state index contributed by atoms with van der Waals surface area (Å²) in [4.78, 5) is 0. The third kappa shape index (κ3) is 3.22. The van der Waals surface area contributed by atoms with E-state index in [9.17, 15) is 5.11 Å². The Morgan fingerprint density at radius 2 is 1.75 bits per heavy atom. The van der Waals surface area contributed by atoms with Crippen LogP contribution in [0.25, 0.3) is 0 Å². The third-order valence-electron chi connectivity index (χ3n) is 10.1. The minimum absolute atomic E-state index is 0.433. The van der Waals surface area contributed by atoms with Crippen LogP contribution in [0.1, 0.15) is 91.9 Å². The van der Waals surface area contributed by atoms with Gasteiger partial charge in [-0.3, -0.25) is 0 Å². The largest absolute Gasteiger partial charge is 0.387 e. The molecule has 0 aliphatic heterocycles. The summed E-state index contributed by atoms with van der Waals surface area (Å²) in [6.45, 7) is 15.3. The van der Waals surface area contributed by atoms with Gasteiger partial charge in [0.25, 0.3) is 0 Å². The molecule has 2 heteroatoms. The quantitative estimate of drug-likeness (QED) is 0.437. The summed E-state index contributed by atoms with van der Waals surface area (Å²) in [6.07, 6.45) is 12.4. The Bertz CT molecular complexity index is 599. The molecule has 28 heavy (non-hydrogen) atoms. The minimum atomic E-state index is -0.576. The van der Waals surface area contributed by atoms with E-state index in [1.807, 2.05) is 0 Å². The van der Waals surface area contributed by atoms with Gasteiger partial charge in [0.15, 0.2) is 0 Å². The maximum Gasteiger partial charge on any atom is 0.0883 e. The molecule has 4 aliphatic rings. The molecule has 1 N–H and O–H groups in total. The van der Waals surface area contributed by atoms with Crippen LogP contribution < -0.4 is 0 Å². The number of rotatable bonds is 5. The number of hydrogen-bond donors (Lipinski definition) is 1. The van der Waals surface area contributed by atoms with Gasteiger partial charge in [-0.25, -0.2) is 0 Å². The van der Waals surface area contributed by atoms with Gasteiger partial charge in [0.05, 0.1) is 12.2 Å². The van der Waals surface area contributed by atoms with Crippen molar-refractivity contribution in [3.05, 3.63) is 12.2 Å². The van der Waals surface area contributed by atoms with E-state index in [4.69, 9.17) is 4.74 Å². The van der Waals surface area contributed by atoms with Crippen molar-refractivity contribution in [2.75, 3.05) is 13.2 Å². The van der Waals surface area contributed by atoms with Crippen LogP contribution in [0.2, 0.25) is 0 Å². The molecule has 4 rings (SSSR count). The van der Waals surface area contributed by atoms with Gasteiger partial charge in [-0.2, -0.15) is 0 Å². The first-order chi connectivity index (χ1) is 13.2. The van der Waals surface area contributed by atoms with Crippen molar-refractivity contribution in [1.29, 1.82) is 0 Å². The molecule has 0 heterocycles. The molecule has 0 aromatic heterocycles. The highest BCUT2D eigenvalue weighted by Crippen LogP contribution is 2.68. The lowest BCUT2D eigenvalue weighted by Gasteiger charge is -2.62. The predicted octanol–water partition coefficient (Wildman–Crippen LogP) is 6.38. The van der Waals surface area contributed by atoms with E-state index in [0.717, 1.165) is 49.5 Å². The van der Waals surface area contributed by atoms with Gasteiger partial charge in [-0.1, -0.05) is 32.9 Å². The van der Waals surface area contributed by atoms with E-state index >= 15 is 0 Å². The van der Waals surface area contributed by atoms with Gasteiger partial charge in [-0.15, -0.1) is 0 Å². The average molecular weight is 389 g/mol. The standard InChI is InChI=1S/C26H44O2/c1-6-15-28-17-26(27)14-13-24(4)19(16-26)7-8-20-22-10-9-21(18(2)3)25(22,5)12-11-23(20)24/h19-23,27H,2,6-17H2,1,3-5H3/t19-,20+,21-,22+,23+,24+,25-,26-/m1/s1. The van der Waals surface area contributed by atoms with Crippen molar-refractivity contribution >= 4 is 0 Å². The fourth-order valence-corrected chi connectivity index (χ4v) is 8.67. The number of aliphatic hydroxyl groups is 1. The molecule has 0 unspecified atom stereocenters. The topological polar surface area (TPSA) is 29.5 Å². The monoisotopic (exact) mass is 388 g/mol. The van der Waals surface area contributed by atoms with Crippen molar-refractivity contribution in [3.8, 4) is 0 Å². The Labute approximate surface area is 173 Å². The summed E-state index contributed by atoms with van der Waals surface area (Å²) in [5.41, 5.74) is 1.79. The van der Waals surface area contributed by atoms with Crippen molar-refractivity contribution in [2.45, 2.75) is 97.5 Å². The van der Waals surface area contributed by atoms with Crippen LogP contribution in [0.15, 0.2) is 12.2 Å². The Kier molecular flexibility index (Phi) is 5.54. The highest BCUT2D eigenvalue weighted by molar-refractivity contribution is 5.15. The minimum Gasteiger partial charge on any atom is -0.387 e. The second-order valence-electron chi connectivity index (χ2n) is 11.7. The molecule has 0 radical (unpaired) electrons. The molecule has 160 valence electrons.